The van der Waals surface area contributed by atoms with E-state index >= 15 is 0 Å². The molecular formula is C16H25N3O. The molecule has 1 aromatic carbocycles. The molecule has 0 radical (unpaired) electrons. The van der Waals surface area contributed by atoms with Crippen molar-refractivity contribution in [1.82, 2.24) is 4.90 Å². The van der Waals surface area contributed by atoms with E-state index in [1.54, 1.807) is 0 Å². The van der Waals surface area contributed by atoms with E-state index in [9.17, 15) is 4.79 Å². The summed E-state index contributed by atoms with van der Waals surface area (Å²) in [7, 11) is 2.18. The Morgan fingerprint density at radius 2 is 2.00 bits per heavy atom. The van der Waals surface area contributed by atoms with Crippen molar-refractivity contribution in [3.8, 4) is 0 Å². The zero-order chi connectivity index (χ0) is 14.4. The first kappa shape index (κ1) is 14.9. The summed E-state index contributed by atoms with van der Waals surface area (Å²) < 4.78 is 0. The minimum atomic E-state index is 0.0532. The van der Waals surface area contributed by atoms with Crippen LogP contribution in [0, 0.1) is 5.92 Å². The van der Waals surface area contributed by atoms with Crippen LogP contribution in [-0.4, -0.2) is 37.5 Å². The summed E-state index contributed by atoms with van der Waals surface area (Å²) in [6.07, 6.45) is 3.03. The van der Waals surface area contributed by atoms with Crippen LogP contribution in [0.2, 0.25) is 0 Å². The number of piperidine rings is 1. The molecule has 0 atom stereocenters. The van der Waals surface area contributed by atoms with Crippen LogP contribution in [0.4, 0.5) is 11.4 Å². The van der Waals surface area contributed by atoms with Gasteiger partial charge in [0, 0.05) is 24.3 Å². The minimum Gasteiger partial charge on any atom is -0.385 e. The van der Waals surface area contributed by atoms with Crippen molar-refractivity contribution in [2.75, 3.05) is 37.3 Å². The van der Waals surface area contributed by atoms with Gasteiger partial charge in [-0.2, -0.15) is 0 Å². The summed E-state index contributed by atoms with van der Waals surface area (Å²) in [5.74, 6) is 0.803. The number of nitrogens with zero attached hydrogens (tertiary/aromatic N) is 1. The number of carbonyl (C=O) groups excluding carboxylic acids is 1. The molecule has 1 aromatic rings. The second-order valence-electron chi connectivity index (χ2n) is 5.61. The van der Waals surface area contributed by atoms with E-state index in [4.69, 9.17) is 0 Å². The molecule has 4 heteroatoms. The highest BCUT2D eigenvalue weighted by molar-refractivity contribution is 5.90. The molecule has 1 saturated heterocycles. The zero-order valence-electron chi connectivity index (χ0n) is 12.5. The van der Waals surface area contributed by atoms with Crippen LogP contribution in [-0.2, 0) is 4.79 Å². The van der Waals surface area contributed by atoms with E-state index in [-0.39, 0.29) is 5.91 Å². The molecule has 1 aliphatic heterocycles. The summed E-state index contributed by atoms with van der Waals surface area (Å²) >= 11 is 0. The van der Waals surface area contributed by atoms with Crippen molar-refractivity contribution in [2.24, 2.45) is 5.92 Å². The van der Waals surface area contributed by atoms with Gasteiger partial charge in [-0.25, -0.2) is 0 Å². The lowest BCUT2D eigenvalue weighted by molar-refractivity contribution is -0.115. The molecule has 0 aliphatic carbocycles. The van der Waals surface area contributed by atoms with E-state index in [2.05, 4.69) is 28.6 Å². The smallest absolute Gasteiger partial charge is 0.224 e. The Morgan fingerprint density at radius 1 is 1.30 bits per heavy atom. The van der Waals surface area contributed by atoms with E-state index in [1.807, 2.05) is 25.1 Å². The number of anilines is 2. The summed E-state index contributed by atoms with van der Waals surface area (Å²) in [6.45, 7) is 5.26. The molecule has 110 valence electrons. The Balaban J connectivity index is 1.83. The number of hydrogen-bond acceptors (Lipinski definition) is 3. The Labute approximate surface area is 121 Å². The van der Waals surface area contributed by atoms with Crippen molar-refractivity contribution in [1.29, 1.82) is 0 Å². The third-order valence-electron chi connectivity index (χ3n) is 3.90. The molecule has 2 rings (SSSR count). The van der Waals surface area contributed by atoms with Gasteiger partial charge in [-0.1, -0.05) is 13.0 Å². The third-order valence-corrected chi connectivity index (χ3v) is 3.90. The molecule has 0 saturated carbocycles. The van der Waals surface area contributed by atoms with Crippen LogP contribution in [0.1, 0.15) is 26.2 Å². The summed E-state index contributed by atoms with van der Waals surface area (Å²) in [5.41, 5.74) is 1.95. The lowest BCUT2D eigenvalue weighted by atomic mass is 9.97. The van der Waals surface area contributed by atoms with Gasteiger partial charge in [-0.15, -0.1) is 0 Å². The van der Waals surface area contributed by atoms with Crippen LogP contribution in [0.15, 0.2) is 24.3 Å². The lowest BCUT2D eigenvalue weighted by Gasteiger charge is -2.29. The van der Waals surface area contributed by atoms with Crippen LogP contribution in [0.25, 0.3) is 0 Å². The maximum Gasteiger partial charge on any atom is 0.224 e. The van der Waals surface area contributed by atoms with Crippen LogP contribution in [0.3, 0.4) is 0 Å². The Hall–Kier alpha value is -1.55. The predicted molar refractivity (Wildman–Crippen MR) is 84.1 cm³/mol. The topological polar surface area (TPSA) is 44.4 Å². The molecule has 20 heavy (non-hydrogen) atoms. The summed E-state index contributed by atoms with van der Waals surface area (Å²) in [5, 5.41) is 6.38. The van der Waals surface area contributed by atoms with E-state index < -0.39 is 0 Å². The fourth-order valence-corrected chi connectivity index (χ4v) is 2.48. The predicted octanol–water partition coefficient (Wildman–Crippen LogP) is 2.79. The van der Waals surface area contributed by atoms with Gasteiger partial charge in [0.2, 0.25) is 5.91 Å². The average molecular weight is 275 g/mol. The highest BCUT2D eigenvalue weighted by atomic mass is 16.1. The maximum absolute atomic E-state index is 11.4. The standard InChI is InChI=1S/C16H25N3O/c1-3-16(20)18-15-6-4-5-14(11-15)17-12-13-7-9-19(2)10-8-13/h4-6,11,13,17H,3,7-10,12H2,1-2H3,(H,18,20). The number of amides is 1. The molecule has 1 heterocycles. The SMILES string of the molecule is CCC(=O)Nc1cccc(NCC2CCN(C)CC2)c1. The van der Waals surface area contributed by atoms with Gasteiger partial charge in [-0.3, -0.25) is 4.79 Å². The van der Waals surface area contributed by atoms with Gasteiger partial charge in [0.25, 0.3) is 0 Å². The van der Waals surface area contributed by atoms with Gasteiger partial charge in [0.05, 0.1) is 0 Å². The summed E-state index contributed by atoms with van der Waals surface area (Å²) in [6, 6.07) is 7.95. The molecule has 0 unspecified atom stereocenters. The first-order chi connectivity index (χ1) is 9.67. The van der Waals surface area contributed by atoms with Crippen molar-refractivity contribution < 1.29 is 4.79 Å². The number of likely N-dealkylation sites (tertiary alicyclic amines) is 1. The maximum atomic E-state index is 11.4. The second kappa shape index (κ2) is 7.29. The summed E-state index contributed by atoms with van der Waals surface area (Å²) in [4.78, 5) is 13.8. The largest absolute Gasteiger partial charge is 0.385 e. The lowest BCUT2D eigenvalue weighted by Crippen LogP contribution is -2.32. The minimum absolute atomic E-state index is 0.0532. The molecule has 1 fully saturated rings. The molecule has 4 nitrogen and oxygen atoms in total. The van der Waals surface area contributed by atoms with Gasteiger partial charge < -0.3 is 15.5 Å². The highest BCUT2D eigenvalue weighted by Gasteiger charge is 2.16. The Kier molecular flexibility index (Phi) is 5.41. The van der Waals surface area contributed by atoms with E-state index in [0.717, 1.165) is 23.8 Å². The average Bonchev–Trinajstić information content (AvgIpc) is 2.47. The second-order valence-corrected chi connectivity index (χ2v) is 5.61. The normalized spacial score (nSPS) is 16.9. The van der Waals surface area contributed by atoms with Crippen LogP contribution >= 0.6 is 0 Å². The van der Waals surface area contributed by atoms with Crippen molar-refractivity contribution in [3.05, 3.63) is 24.3 Å². The van der Waals surface area contributed by atoms with Gasteiger partial charge in [0.15, 0.2) is 0 Å². The zero-order valence-corrected chi connectivity index (χ0v) is 12.5. The number of nitrogens with one attached hydrogen (secondary N) is 2. The first-order valence-corrected chi connectivity index (χ1v) is 7.49. The molecule has 1 amide bonds. The molecule has 0 aromatic heterocycles. The number of rotatable bonds is 5. The molecule has 0 bridgehead atoms. The third kappa shape index (κ3) is 4.53. The number of benzene rings is 1. The Morgan fingerprint density at radius 3 is 2.70 bits per heavy atom. The van der Waals surface area contributed by atoms with Crippen molar-refractivity contribution in [2.45, 2.75) is 26.2 Å². The molecule has 1 aliphatic rings. The molecular weight excluding hydrogens is 250 g/mol. The number of hydrogen-bond donors (Lipinski definition) is 2. The van der Waals surface area contributed by atoms with Crippen LogP contribution in [0.5, 0.6) is 0 Å². The highest BCUT2D eigenvalue weighted by Crippen LogP contribution is 2.19. The quantitative estimate of drug-likeness (QED) is 0.868. The van der Waals surface area contributed by atoms with Gasteiger partial charge in [0.1, 0.15) is 0 Å². The van der Waals surface area contributed by atoms with Crippen LogP contribution < -0.4 is 10.6 Å². The number of carbonyl (C=O) groups is 1. The van der Waals surface area contributed by atoms with Crippen molar-refractivity contribution >= 4 is 17.3 Å². The molecule has 2 N–H and O–H groups in total. The first-order valence-electron chi connectivity index (χ1n) is 7.49. The van der Waals surface area contributed by atoms with Gasteiger partial charge >= 0.3 is 0 Å². The fourth-order valence-electron chi connectivity index (χ4n) is 2.48. The van der Waals surface area contributed by atoms with E-state index in [1.165, 1.54) is 25.9 Å². The molecule has 0 spiro atoms. The van der Waals surface area contributed by atoms with Gasteiger partial charge in [-0.05, 0) is 57.1 Å². The monoisotopic (exact) mass is 275 g/mol. The van der Waals surface area contributed by atoms with E-state index in [0.29, 0.717) is 6.42 Å². The Bertz CT molecular complexity index is 439. The fraction of sp³-hybridized carbons (Fsp3) is 0.562. The van der Waals surface area contributed by atoms with Crippen molar-refractivity contribution in [3.63, 3.8) is 0 Å².